The quantitative estimate of drug-likeness (QED) is 0.484. The van der Waals surface area contributed by atoms with Gasteiger partial charge in [0.05, 0.1) is 18.1 Å². The van der Waals surface area contributed by atoms with Crippen LogP contribution in [-0.2, 0) is 19.2 Å². The second-order valence-corrected chi connectivity index (χ2v) is 13.9. The van der Waals surface area contributed by atoms with Gasteiger partial charge in [-0.3, -0.25) is 19.2 Å². The van der Waals surface area contributed by atoms with E-state index in [9.17, 15) is 34.5 Å². The Morgan fingerprint density at radius 2 is 1.62 bits per heavy atom. The molecule has 0 radical (unpaired) electrons. The predicted molar refractivity (Wildman–Crippen MR) is 137 cm³/mol. The Kier molecular flexibility index (Phi) is 6.72. The third-order valence-electron chi connectivity index (χ3n) is 11.6. The van der Waals surface area contributed by atoms with Gasteiger partial charge in [-0.25, -0.2) is 0 Å². The van der Waals surface area contributed by atoms with Crippen molar-refractivity contribution in [3.8, 4) is 0 Å². The van der Waals surface area contributed by atoms with E-state index in [1.807, 2.05) is 34.6 Å². The van der Waals surface area contributed by atoms with Crippen LogP contribution in [-0.4, -0.2) is 50.8 Å². The molecule has 4 aliphatic carbocycles. The van der Waals surface area contributed by atoms with Crippen LogP contribution < -0.4 is 0 Å². The number of hydrogen-bond acceptors (Lipinski definition) is 6. The molecule has 0 bridgehead atoms. The Bertz CT molecular complexity index is 1070. The van der Waals surface area contributed by atoms with E-state index in [0.717, 1.165) is 0 Å². The monoisotopic (exact) mass is 516 g/mol. The van der Waals surface area contributed by atoms with Gasteiger partial charge in [-0.2, -0.15) is 0 Å². The number of aliphatic hydroxyl groups is 2. The largest absolute Gasteiger partial charge is 0.481 e. The second kappa shape index (κ2) is 8.84. The topological polar surface area (TPSA) is 129 Å². The number of aliphatic hydroxyl groups excluding tert-OH is 2. The van der Waals surface area contributed by atoms with E-state index in [1.54, 1.807) is 0 Å². The molecule has 0 heterocycles. The fraction of sp³-hybridized carbons (Fsp3) is 0.800. The molecule has 0 saturated heterocycles. The van der Waals surface area contributed by atoms with Crippen LogP contribution in [0.3, 0.4) is 0 Å². The van der Waals surface area contributed by atoms with Crippen molar-refractivity contribution in [1.82, 2.24) is 0 Å². The lowest BCUT2D eigenvalue weighted by atomic mass is 9.42. The zero-order valence-electron chi connectivity index (χ0n) is 23.4. The third-order valence-corrected chi connectivity index (χ3v) is 11.6. The van der Waals surface area contributed by atoms with Crippen LogP contribution >= 0.6 is 0 Å². The zero-order valence-corrected chi connectivity index (χ0v) is 23.4. The lowest BCUT2D eigenvalue weighted by molar-refractivity contribution is -0.146. The van der Waals surface area contributed by atoms with Crippen LogP contribution in [0.25, 0.3) is 0 Å². The van der Waals surface area contributed by atoms with Crippen LogP contribution in [0.1, 0.15) is 93.4 Å². The van der Waals surface area contributed by atoms with Gasteiger partial charge in [-0.1, -0.05) is 48.5 Å². The molecule has 2 unspecified atom stereocenters. The SMILES string of the molecule is CC(CC(=O)C[C@@H](C)[C@H]1C[C@H](O)[C@@]2(C)C3=C(C(=O)C[C@]12C)[C@@]1(C)CCC(=O)C(C)(C)C1C[C@@H]3O)C(=O)O. The van der Waals surface area contributed by atoms with Gasteiger partial charge in [0, 0.05) is 47.5 Å². The summed E-state index contributed by atoms with van der Waals surface area (Å²) in [5, 5.41) is 32.4. The van der Waals surface area contributed by atoms with Gasteiger partial charge in [-0.15, -0.1) is 0 Å². The lowest BCUT2D eigenvalue weighted by Crippen LogP contribution is -2.60. The maximum atomic E-state index is 14.1. The molecule has 4 rings (SSSR count). The molecule has 0 aromatic heterocycles. The Hall–Kier alpha value is -1.86. The summed E-state index contributed by atoms with van der Waals surface area (Å²) in [5.41, 5.74) is -1.40. The van der Waals surface area contributed by atoms with Crippen LogP contribution in [0.5, 0.6) is 0 Å². The number of allylic oxidation sites excluding steroid dienone is 1. The molecular weight excluding hydrogens is 472 g/mol. The molecule has 206 valence electrons. The number of carbonyl (C=O) groups is 4. The average molecular weight is 517 g/mol. The summed E-state index contributed by atoms with van der Waals surface area (Å²) in [6.07, 6.45) is 0.421. The van der Waals surface area contributed by atoms with Crippen molar-refractivity contribution in [3.63, 3.8) is 0 Å². The fourth-order valence-electron chi connectivity index (χ4n) is 9.20. The smallest absolute Gasteiger partial charge is 0.306 e. The van der Waals surface area contributed by atoms with E-state index in [4.69, 9.17) is 0 Å². The Morgan fingerprint density at radius 1 is 1.00 bits per heavy atom. The summed E-state index contributed by atoms with van der Waals surface area (Å²) in [7, 11) is 0. The molecule has 0 aromatic rings. The molecule has 9 atom stereocenters. The van der Waals surface area contributed by atoms with Crippen LogP contribution in [0.15, 0.2) is 11.1 Å². The summed E-state index contributed by atoms with van der Waals surface area (Å²) < 4.78 is 0. The Balaban J connectivity index is 1.74. The maximum Gasteiger partial charge on any atom is 0.306 e. The first-order chi connectivity index (χ1) is 16.9. The molecule has 0 aliphatic heterocycles. The normalized spacial score (nSPS) is 42.5. The van der Waals surface area contributed by atoms with Crippen LogP contribution in [0, 0.1) is 45.3 Å². The number of ketones is 3. The minimum atomic E-state index is -1.00. The molecule has 0 spiro atoms. The second-order valence-electron chi connectivity index (χ2n) is 13.9. The van der Waals surface area contributed by atoms with Crippen LogP contribution in [0.2, 0.25) is 0 Å². The van der Waals surface area contributed by atoms with Crippen molar-refractivity contribution in [1.29, 1.82) is 0 Å². The molecular formula is C30H44O7. The van der Waals surface area contributed by atoms with Crippen molar-refractivity contribution in [2.24, 2.45) is 45.3 Å². The number of carbonyl (C=O) groups excluding carboxylic acids is 3. The van der Waals surface area contributed by atoms with Gasteiger partial charge in [-0.05, 0) is 48.0 Å². The number of fused-ring (bicyclic) bond motifs is 4. The van der Waals surface area contributed by atoms with Crippen molar-refractivity contribution in [2.75, 3.05) is 0 Å². The molecule has 2 fully saturated rings. The first-order valence-corrected chi connectivity index (χ1v) is 13.8. The summed E-state index contributed by atoms with van der Waals surface area (Å²) >= 11 is 0. The summed E-state index contributed by atoms with van der Waals surface area (Å²) in [4.78, 5) is 50.8. The molecule has 37 heavy (non-hydrogen) atoms. The molecule has 3 N–H and O–H groups in total. The Morgan fingerprint density at radius 3 is 2.22 bits per heavy atom. The Labute approximate surface area is 220 Å². The number of aliphatic carboxylic acids is 1. The van der Waals surface area contributed by atoms with E-state index in [0.29, 0.717) is 36.8 Å². The summed E-state index contributed by atoms with van der Waals surface area (Å²) in [6, 6.07) is 0. The highest BCUT2D eigenvalue weighted by molar-refractivity contribution is 6.01. The molecule has 2 saturated carbocycles. The van der Waals surface area contributed by atoms with Crippen molar-refractivity contribution in [3.05, 3.63) is 11.1 Å². The van der Waals surface area contributed by atoms with Gasteiger partial charge in [0.25, 0.3) is 0 Å². The lowest BCUT2D eigenvalue weighted by Gasteiger charge is -2.61. The summed E-state index contributed by atoms with van der Waals surface area (Å²) in [6.45, 7) is 13.4. The first-order valence-electron chi connectivity index (χ1n) is 13.8. The number of hydrogen-bond donors (Lipinski definition) is 3. The van der Waals surface area contributed by atoms with E-state index in [1.165, 1.54) is 6.92 Å². The maximum absolute atomic E-state index is 14.1. The van der Waals surface area contributed by atoms with Gasteiger partial charge < -0.3 is 15.3 Å². The molecule has 7 nitrogen and oxygen atoms in total. The summed E-state index contributed by atoms with van der Waals surface area (Å²) in [5.74, 6) is -2.17. The zero-order chi connectivity index (χ0) is 27.9. The number of carboxylic acid groups (broad SMARTS) is 1. The van der Waals surface area contributed by atoms with Gasteiger partial charge in [0.15, 0.2) is 5.78 Å². The van der Waals surface area contributed by atoms with Crippen LogP contribution in [0.4, 0.5) is 0 Å². The van der Waals surface area contributed by atoms with E-state index in [-0.39, 0.29) is 54.4 Å². The minimum Gasteiger partial charge on any atom is -0.481 e. The van der Waals surface area contributed by atoms with Crippen molar-refractivity contribution < 1.29 is 34.5 Å². The van der Waals surface area contributed by atoms with Crippen molar-refractivity contribution in [2.45, 2.75) is 106 Å². The third kappa shape index (κ3) is 3.82. The number of Topliss-reactive ketones (excluding diaryl/α,β-unsaturated/α-hetero) is 3. The highest BCUT2D eigenvalue weighted by Gasteiger charge is 2.70. The molecule has 7 heteroatoms. The molecule has 4 aliphatic rings. The average Bonchev–Trinajstić information content (AvgIpc) is 2.99. The fourth-order valence-corrected chi connectivity index (χ4v) is 9.20. The van der Waals surface area contributed by atoms with Gasteiger partial charge in [0.1, 0.15) is 11.6 Å². The van der Waals surface area contributed by atoms with Crippen molar-refractivity contribution >= 4 is 23.3 Å². The van der Waals surface area contributed by atoms with Gasteiger partial charge >= 0.3 is 5.97 Å². The number of carboxylic acids is 1. The molecule has 0 amide bonds. The van der Waals surface area contributed by atoms with E-state index < -0.39 is 45.8 Å². The number of rotatable bonds is 6. The van der Waals surface area contributed by atoms with E-state index in [2.05, 4.69) is 6.92 Å². The highest BCUT2D eigenvalue weighted by atomic mass is 16.4. The van der Waals surface area contributed by atoms with E-state index >= 15 is 0 Å². The van der Waals surface area contributed by atoms with Gasteiger partial charge in [0.2, 0.25) is 0 Å². The minimum absolute atomic E-state index is 0.0106. The predicted octanol–water partition coefficient (Wildman–Crippen LogP) is 4.13. The standard InChI is InChI=1S/C30H44O7/c1-15(10-17(31)11-16(2)26(36)37)18-12-23(35)30(7)25-19(32)13-21-27(3,4)22(34)8-9-28(21,5)24(25)20(33)14-29(18,30)6/h15-16,18-19,21,23,32,35H,8-14H2,1-7H3,(H,36,37)/t15-,16?,18-,19+,21?,23+,28+,29-,30+/m1/s1. The molecule has 0 aromatic carbocycles. The first kappa shape index (κ1) is 28.2. The highest BCUT2D eigenvalue weighted by Crippen LogP contribution is 2.71.